The number of anilines is 2. The molecule has 0 amide bonds. The van der Waals surface area contributed by atoms with Crippen LogP contribution in [0.25, 0.3) is 11.3 Å². The first-order chi connectivity index (χ1) is 13.2. The molecule has 0 fully saturated rings. The summed E-state index contributed by atoms with van der Waals surface area (Å²) in [6, 6.07) is 10.5. The van der Waals surface area contributed by atoms with Gasteiger partial charge in [0.15, 0.2) is 0 Å². The van der Waals surface area contributed by atoms with Crippen molar-refractivity contribution in [2.45, 2.75) is 6.04 Å². The van der Waals surface area contributed by atoms with Crippen LogP contribution >= 0.6 is 11.6 Å². The normalized spacial score (nSPS) is 14.9. The minimum Gasteiger partial charge on any atom is -0.318 e. The molecule has 0 bridgehead atoms. The van der Waals surface area contributed by atoms with Crippen LogP contribution in [0.5, 0.6) is 0 Å². The zero-order valence-corrected chi connectivity index (χ0v) is 14.4. The largest absolute Gasteiger partial charge is 0.318 e. The molecular weight excluding hydrogens is 368 g/mol. The van der Waals surface area contributed by atoms with Gasteiger partial charge in [0.2, 0.25) is 5.95 Å². The van der Waals surface area contributed by atoms with E-state index in [-0.39, 0.29) is 5.56 Å². The molecule has 132 valence electrons. The number of tetrazole rings is 1. The van der Waals surface area contributed by atoms with Gasteiger partial charge in [-0.15, -0.1) is 0 Å². The Morgan fingerprint density at radius 3 is 2.78 bits per heavy atom. The van der Waals surface area contributed by atoms with E-state index in [4.69, 9.17) is 11.6 Å². The number of benzene rings is 1. The van der Waals surface area contributed by atoms with Gasteiger partial charge < -0.3 is 5.32 Å². The van der Waals surface area contributed by atoms with E-state index in [0.29, 0.717) is 27.9 Å². The lowest BCUT2D eigenvalue weighted by Crippen LogP contribution is -2.29. The second-order valence-electron chi connectivity index (χ2n) is 5.96. The third kappa shape index (κ3) is 2.48. The first kappa shape index (κ1) is 15.6. The van der Waals surface area contributed by atoms with Gasteiger partial charge in [-0.25, -0.2) is 5.10 Å². The van der Waals surface area contributed by atoms with Gasteiger partial charge in [0.05, 0.1) is 5.69 Å². The summed E-state index contributed by atoms with van der Waals surface area (Å²) in [6.07, 6.45) is 3.40. The molecule has 4 heterocycles. The molecule has 0 radical (unpaired) electrons. The molecule has 0 aliphatic carbocycles. The predicted octanol–water partition coefficient (Wildman–Crippen LogP) is 2.17. The molecule has 0 unspecified atom stereocenters. The molecule has 3 aromatic heterocycles. The third-order valence-electron chi connectivity index (χ3n) is 4.39. The second-order valence-corrected chi connectivity index (χ2v) is 6.39. The molecule has 9 nitrogen and oxygen atoms in total. The first-order valence-corrected chi connectivity index (χ1v) is 8.43. The van der Waals surface area contributed by atoms with Gasteiger partial charge in [-0.2, -0.15) is 9.78 Å². The van der Waals surface area contributed by atoms with Crippen molar-refractivity contribution in [3.63, 3.8) is 0 Å². The van der Waals surface area contributed by atoms with Gasteiger partial charge in [0, 0.05) is 28.5 Å². The lowest BCUT2D eigenvalue weighted by atomic mass is 9.93. The summed E-state index contributed by atoms with van der Waals surface area (Å²) < 4.78 is 1.61. The number of pyridine rings is 1. The molecule has 10 heteroatoms. The van der Waals surface area contributed by atoms with Crippen molar-refractivity contribution >= 4 is 23.2 Å². The van der Waals surface area contributed by atoms with Crippen LogP contribution < -0.4 is 10.9 Å². The van der Waals surface area contributed by atoms with Crippen LogP contribution in [-0.2, 0) is 0 Å². The minimum absolute atomic E-state index is 0.353. The zero-order valence-electron chi connectivity index (χ0n) is 13.7. The van der Waals surface area contributed by atoms with Gasteiger partial charge in [-0.1, -0.05) is 34.9 Å². The highest BCUT2D eigenvalue weighted by molar-refractivity contribution is 6.30. The highest BCUT2D eigenvalue weighted by Crippen LogP contribution is 2.40. The average molecular weight is 379 g/mol. The Morgan fingerprint density at radius 2 is 2.00 bits per heavy atom. The van der Waals surface area contributed by atoms with E-state index in [2.05, 4.69) is 36.0 Å². The maximum Gasteiger partial charge on any atom is 0.288 e. The Balaban J connectivity index is 1.82. The van der Waals surface area contributed by atoms with Crippen molar-refractivity contribution in [3.05, 3.63) is 75.3 Å². The van der Waals surface area contributed by atoms with Crippen molar-refractivity contribution in [2.75, 3.05) is 5.32 Å². The number of hydrogen-bond donors (Lipinski definition) is 2. The maximum atomic E-state index is 12.5. The number of fused-ring (bicyclic) bond motifs is 2. The molecule has 4 aromatic rings. The van der Waals surface area contributed by atoms with Crippen molar-refractivity contribution < 1.29 is 0 Å². The Hall–Kier alpha value is -3.59. The van der Waals surface area contributed by atoms with E-state index >= 15 is 0 Å². The monoisotopic (exact) mass is 378 g/mol. The van der Waals surface area contributed by atoms with Crippen LogP contribution in [0.2, 0.25) is 5.02 Å². The number of aromatic amines is 1. The summed E-state index contributed by atoms with van der Waals surface area (Å²) >= 11 is 6.02. The number of hydrogen-bond acceptors (Lipinski definition) is 7. The number of halogens is 1. The van der Waals surface area contributed by atoms with Crippen LogP contribution in [0.1, 0.15) is 17.2 Å². The van der Waals surface area contributed by atoms with E-state index < -0.39 is 6.04 Å². The standard InChI is InChI=1S/C17H11ClN8O/c18-11-5-3-9(4-6-11)13-12-14(16(27)22-21-13)20-17-23-24-25-26(17)15(12)10-2-1-7-19-8-10/h1-8,15H,(H,22,27)(H,20,23,25)/t15-/m0/s1. The number of aromatic nitrogens is 7. The molecular formula is C17H11ClN8O. The van der Waals surface area contributed by atoms with Crippen LogP contribution in [0, 0.1) is 0 Å². The van der Waals surface area contributed by atoms with Gasteiger partial charge in [-0.3, -0.25) is 9.78 Å². The lowest BCUT2D eigenvalue weighted by molar-refractivity contribution is 0.566. The molecule has 0 saturated carbocycles. The summed E-state index contributed by atoms with van der Waals surface area (Å²) in [5, 5.41) is 22.3. The quantitative estimate of drug-likeness (QED) is 0.483. The van der Waals surface area contributed by atoms with Crippen molar-refractivity contribution in [3.8, 4) is 11.3 Å². The SMILES string of the molecule is O=c1[nH]nc(-c2ccc(Cl)cc2)c2c1Nc1nnnn1[C@H]2c1cccnc1. The summed E-state index contributed by atoms with van der Waals surface area (Å²) in [6.45, 7) is 0. The van der Waals surface area contributed by atoms with Crippen LogP contribution in [0.3, 0.4) is 0 Å². The Morgan fingerprint density at radius 1 is 1.15 bits per heavy atom. The molecule has 1 aliphatic heterocycles. The first-order valence-electron chi connectivity index (χ1n) is 8.05. The van der Waals surface area contributed by atoms with Gasteiger partial charge in [0.1, 0.15) is 11.7 Å². The number of nitrogens with one attached hydrogen (secondary N) is 2. The van der Waals surface area contributed by atoms with Crippen LogP contribution in [-0.4, -0.2) is 35.4 Å². The van der Waals surface area contributed by atoms with Crippen LogP contribution in [0.15, 0.2) is 53.6 Å². The average Bonchev–Trinajstić information content (AvgIpc) is 3.17. The topological polar surface area (TPSA) is 114 Å². The number of H-pyrrole nitrogens is 1. The highest BCUT2D eigenvalue weighted by Gasteiger charge is 2.34. The zero-order chi connectivity index (χ0) is 18.4. The lowest BCUT2D eigenvalue weighted by Gasteiger charge is -2.27. The van der Waals surface area contributed by atoms with Crippen molar-refractivity contribution in [1.29, 1.82) is 0 Å². The second kappa shape index (κ2) is 5.99. The van der Waals surface area contributed by atoms with E-state index in [0.717, 1.165) is 11.1 Å². The number of rotatable bonds is 2. The molecule has 1 atom stereocenters. The number of nitrogens with zero attached hydrogens (tertiary/aromatic N) is 6. The molecule has 0 spiro atoms. The molecule has 5 rings (SSSR count). The molecule has 0 saturated heterocycles. The molecule has 27 heavy (non-hydrogen) atoms. The highest BCUT2D eigenvalue weighted by atomic mass is 35.5. The van der Waals surface area contributed by atoms with E-state index in [1.165, 1.54) is 0 Å². The van der Waals surface area contributed by atoms with Crippen LogP contribution in [0.4, 0.5) is 11.6 Å². The van der Waals surface area contributed by atoms with Gasteiger partial charge in [0.25, 0.3) is 5.56 Å². The van der Waals surface area contributed by atoms with Crippen molar-refractivity contribution in [1.82, 2.24) is 35.4 Å². The Kier molecular flexibility index (Phi) is 3.47. The molecule has 1 aromatic carbocycles. The fourth-order valence-corrected chi connectivity index (χ4v) is 3.34. The smallest absolute Gasteiger partial charge is 0.288 e. The van der Waals surface area contributed by atoms with E-state index in [1.54, 1.807) is 29.2 Å². The van der Waals surface area contributed by atoms with Gasteiger partial charge >= 0.3 is 0 Å². The van der Waals surface area contributed by atoms with Crippen molar-refractivity contribution in [2.24, 2.45) is 0 Å². The molecule has 1 aliphatic rings. The fourth-order valence-electron chi connectivity index (χ4n) is 3.21. The summed E-state index contributed by atoms with van der Waals surface area (Å²) in [7, 11) is 0. The third-order valence-corrected chi connectivity index (χ3v) is 4.64. The summed E-state index contributed by atoms with van der Waals surface area (Å²) in [4.78, 5) is 16.7. The Labute approximate surface area is 157 Å². The maximum absolute atomic E-state index is 12.5. The van der Waals surface area contributed by atoms with Gasteiger partial charge in [-0.05, 0) is 34.2 Å². The molecule has 2 N–H and O–H groups in total. The van der Waals surface area contributed by atoms with E-state index in [9.17, 15) is 4.79 Å². The summed E-state index contributed by atoms with van der Waals surface area (Å²) in [5.74, 6) is 0.370. The predicted molar refractivity (Wildman–Crippen MR) is 97.9 cm³/mol. The van der Waals surface area contributed by atoms with E-state index in [1.807, 2.05) is 24.3 Å². The fraction of sp³-hybridized carbons (Fsp3) is 0.0588. The minimum atomic E-state index is -0.458. The Bertz CT molecular complexity index is 1190. The summed E-state index contributed by atoms with van der Waals surface area (Å²) in [5.41, 5.74) is 2.89.